The van der Waals surface area contributed by atoms with Gasteiger partial charge in [-0.05, 0) is 29.5 Å². The van der Waals surface area contributed by atoms with Crippen LogP contribution in [0.1, 0.15) is 45.6 Å². The van der Waals surface area contributed by atoms with E-state index >= 15 is 0 Å². The topological polar surface area (TPSA) is 84.2 Å². The monoisotopic (exact) mass is 291 g/mol. The first-order valence-corrected chi connectivity index (χ1v) is 7.32. The Morgan fingerprint density at radius 3 is 2.43 bits per heavy atom. The van der Waals surface area contributed by atoms with Crippen LogP contribution in [0.5, 0.6) is 0 Å². The van der Waals surface area contributed by atoms with Gasteiger partial charge in [-0.15, -0.1) is 0 Å². The Labute approximate surface area is 126 Å². The number of carbonyl (C=O) groups is 2. The molecule has 1 aromatic carbocycles. The molecule has 5 heteroatoms. The first-order chi connectivity index (χ1) is 9.85. The summed E-state index contributed by atoms with van der Waals surface area (Å²) in [5.74, 6) is 0.144. The van der Waals surface area contributed by atoms with Gasteiger partial charge in [0.25, 0.3) is 0 Å². The molecular formula is C16H25N3O2. The van der Waals surface area contributed by atoms with Crippen LogP contribution in [-0.2, 0) is 4.79 Å². The molecule has 2 unspecified atom stereocenters. The number of nitrogens with one attached hydrogen (secondary N) is 2. The molecule has 4 N–H and O–H groups in total. The van der Waals surface area contributed by atoms with Crippen molar-refractivity contribution < 1.29 is 9.59 Å². The average Bonchev–Trinajstić information content (AvgIpc) is 2.43. The summed E-state index contributed by atoms with van der Waals surface area (Å²) in [6.45, 7) is 8.06. The normalized spacial score (nSPS) is 13.6. The highest BCUT2D eigenvalue weighted by Crippen LogP contribution is 2.19. The standard InChI is InChI=1S/C16H25N3O2/c1-5-11(4)14(19-16(17)21)15(20)18-13-8-6-7-12(9-13)10(2)3/h6-11,14H,5H2,1-4H3,(H,18,20)(H3,17,19,21). The molecule has 0 bridgehead atoms. The lowest BCUT2D eigenvalue weighted by molar-refractivity contribution is -0.119. The van der Waals surface area contributed by atoms with Crippen LogP contribution >= 0.6 is 0 Å². The predicted octanol–water partition coefficient (Wildman–Crippen LogP) is 2.83. The lowest BCUT2D eigenvalue weighted by Crippen LogP contribution is -2.49. The largest absolute Gasteiger partial charge is 0.352 e. The first kappa shape index (κ1) is 17.0. The van der Waals surface area contributed by atoms with Gasteiger partial charge in [-0.1, -0.05) is 46.2 Å². The Morgan fingerprint density at radius 1 is 1.24 bits per heavy atom. The Bertz CT molecular complexity index is 500. The summed E-state index contributed by atoms with van der Waals surface area (Å²) in [7, 11) is 0. The predicted molar refractivity (Wildman–Crippen MR) is 85.1 cm³/mol. The second-order valence-electron chi connectivity index (χ2n) is 5.64. The third kappa shape index (κ3) is 5.10. The number of anilines is 1. The Kier molecular flexibility index (Phi) is 6.21. The molecule has 1 aromatic rings. The molecule has 21 heavy (non-hydrogen) atoms. The smallest absolute Gasteiger partial charge is 0.312 e. The fraction of sp³-hybridized carbons (Fsp3) is 0.500. The second-order valence-corrected chi connectivity index (χ2v) is 5.64. The zero-order valence-corrected chi connectivity index (χ0v) is 13.1. The molecular weight excluding hydrogens is 266 g/mol. The van der Waals surface area contributed by atoms with E-state index in [1.165, 1.54) is 0 Å². The fourth-order valence-corrected chi connectivity index (χ4v) is 2.05. The maximum atomic E-state index is 12.3. The van der Waals surface area contributed by atoms with Gasteiger partial charge in [0.05, 0.1) is 0 Å². The lowest BCUT2D eigenvalue weighted by atomic mass is 9.98. The number of rotatable bonds is 6. The third-order valence-electron chi connectivity index (χ3n) is 3.61. The van der Waals surface area contributed by atoms with Gasteiger partial charge in [0.1, 0.15) is 6.04 Å². The maximum absolute atomic E-state index is 12.3. The zero-order valence-electron chi connectivity index (χ0n) is 13.1. The van der Waals surface area contributed by atoms with Crippen molar-refractivity contribution in [1.29, 1.82) is 0 Å². The number of carbonyl (C=O) groups excluding carboxylic acids is 2. The highest BCUT2D eigenvalue weighted by atomic mass is 16.2. The molecule has 0 fully saturated rings. The van der Waals surface area contributed by atoms with Crippen LogP contribution in [0.25, 0.3) is 0 Å². The highest BCUT2D eigenvalue weighted by Gasteiger charge is 2.25. The molecule has 0 saturated carbocycles. The van der Waals surface area contributed by atoms with Crippen LogP contribution in [0.15, 0.2) is 24.3 Å². The van der Waals surface area contributed by atoms with E-state index in [0.29, 0.717) is 5.92 Å². The van der Waals surface area contributed by atoms with Gasteiger partial charge in [0.2, 0.25) is 5.91 Å². The van der Waals surface area contributed by atoms with E-state index in [0.717, 1.165) is 17.7 Å². The minimum Gasteiger partial charge on any atom is -0.352 e. The number of nitrogens with two attached hydrogens (primary N) is 1. The van der Waals surface area contributed by atoms with Gasteiger partial charge in [-0.3, -0.25) is 4.79 Å². The summed E-state index contributed by atoms with van der Waals surface area (Å²) < 4.78 is 0. The van der Waals surface area contributed by atoms with Crippen molar-refractivity contribution in [2.24, 2.45) is 11.7 Å². The van der Waals surface area contributed by atoms with Gasteiger partial charge in [0.15, 0.2) is 0 Å². The van der Waals surface area contributed by atoms with E-state index in [9.17, 15) is 9.59 Å². The quantitative estimate of drug-likeness (QED) is 0.753. The summed E-state index contributed by atoms with van der Waals surface area (Å²) in [5, 5.41) is 5.36. The molecule has 0 heterocycles. The minimum atomic E-state index is -0.689. The minimum absolute atomic E-state index is 0.00535. The third-order valence-corrected chi connectivity index (χ3v) is 3.61. The van der Waals surface area contributed by atoms with Gasteiger partial charge >= 0.3 is 6.03 Å². The molecule has 116 valence electrons. The molecule has 3 amide bonds. The van der Waals surface area contributed by atoms with E-state index in [-0.39, 0.29) is 11.8 Å². The van der Waals surface area contributed by atoms with Crippen molar-refractivity contribution in [3.8, 4) is 0 Å². The maximum Gasteiger partial charge on any atom is 0.312 e. The first-order valence-electron chi connectivity index (χ1n) is 7.32. The summed E-state index contributed by atoms with van der Waals surface area (Å²) >= 11 is 0. The van der Waals surface area contributed by atoms with E-state index in [2.05, 4.69) is 24.5 Å². The average molecular weight is 291 g/mol. The van der Waals surface area contributed by atoms with Gasteiger partial charge in [-0.25, -0.2) is 4.79 Å². The van der Waals surface area contributed by atoms with Crippen molar-refractivity contribution in [2.75, 3.05) is 5.32 Å². The summed E-state index contributed by atoms with van der Waals surface area (Å²) in [6, 6.07) is 6.39. The molecule has 0 saturated heterocycles. The van der Waals surface area contributed by atoms with Gasteiger partial charge in [0, 0.05) is 5.69 Å². The van der Waals surface area contributed by atoms with Crippen LogP contribution in [0.3, 0.4) is 0 Å². The number of primary amides is 1. The van der Waals surface area contributed by atoms with Crippen LogP contribution in [0.2, 0.25) is 0 Å². The summed E-state index contributed by atoms with van der Waals surface area (Å²) in [5.41, 5.74) is 7.03. The zero-order chi connectivity index (χ0) is 16.0. The van der Waals surface area contributed by atoms with Crippen molar-refractivity contribution >= 4 is 17.6 Å². The number of amides is 3. The molecule has 0 aromatic heterocycles. The highest BCUT2D eigenvalue weighted by molar-refractivity contribution is 5.97. The van der Waals surface area contributed by atoms with Crippen molar-refractivity contribution in [1.82, 2.24) is 5.32 Å². The van der Waals surface area contributed by atoms with Crippen LogP contribution in [0.4, 0.5) is 10.5 Å². The Morgan fingerprint density at radius 2 is 1.90 bits per heavy atom. The molecule has 0 aliphatic heterocycles. The molecule has 0 radical (unpaired) electrons. The van der Waals surface area contributed by atoms with Crippen LogP contribution < -0.4 is 16.4 Å². The van der Waals surface area contributed by atoms with E-state index < -0.39 is 12.1 Å². The lowest BCUT2D eigenvalue weighted by Gasteiger charge is -2.22. The number of benzene rings is 1. The van der Waals surface area contributed by atoms with Gasteiger partial charge < -0.3 is 16.4 Å². The van der Waals surface area contributed by atoms with Gasteiger partial charge in [-0.2, -0.15) is 0 Å². The van der Waals surface area contributed by atoms with E-state index in [4.69, 9.17) is 5.73 Å². The molecule has 5 nitrogen and oxygen atoms in total. The van der Waals surface area contributed by atoms with E-state index in [1.807, 2.05) is 38.1 Å². The van der Waals surface area contributed by atoms with Crippen LogP contribution in [-0.4, -0.2) is 18.0 Å². The summed E-state index contributed by atoms with van der Waals surface area (Å²) in [6.07, 6.45) is 0.768. The van der Waals surface area contributed by atoms with Crippen molar-refractivity contribution in [2.45, 2.75) is 46.1 Å². The Balaban J connectivity index is 2.85. The molecule has 0 aliphatic rings. The molecule has 2 atom stereocenters. The van der Waals surface area contributed by atoms with Crippen LogP contribution in [0, 0.1) is 5.92 Å². The Hall–Kier alpha value is -2.04. The van der Waals surface area contributed by atoms with E-state index in [1.54, 1.807) is 0 Å². The summed E-state index contributed by atoms with van der Waals surface area (Å²) in [4.78, 5) is 23.4. The molecule has 0 aliphatic carbocycles. The fourth-order valence-electron chi connectivity index (χ4n) is 2.05. The number of hydrogen-bond acceptors (Lipinski definition) is 2. The number of urea groups is 1. The van der Waals surface area contributed by atoms with Crippen molar-refractivity contribution in [3.63, 3.8) is 0 Å². The molecule has 1 rings (SSSR count). The van der Waals surface area contributed by atoms with Crippen molar-refractivity contribution in [3.05, 3.63) is 29.8 Å². The SMILES string of the molecule is CCC(C)C(NC(N)=O)C(=O)Nc1cccc(C(C)C)c1. The molecule has 0 spiro atoms. The second kappa shape index (κ2) is 7.67. The number of hydrogen-bond donors (Lipinski definition) is 3.